The molecular weight excluding hydrogens is 365 g/mol. The third kappa shape index (κ3) is 6.17. The van der Waals surface area contributed by atoms with Gasteiger partial charge in [0.1, 0.15) is 5.82 Å². The van der Waals surface area contributed by atoms with E-state index >= 15 is 0 Å². The van der Waals surface area contributed by atoms with Gasteiger partial charge in [-0.15, -0.1) is 0 Å². The molecule has 8 heteroatoms. The van der Waals surface area contributed by atoms with E-state index in [0.29, 0.717) is 21.8 Å². The summed E-state index contributed by atoms with van der Waals surface area (Å²) in [5.41, 5.74) is 2.13. The van der Waals surface area contributed by atoms with Gasteiger partial charge in [-0.25, -0.2) is 9.18 Å². The van der Waals surface area contributed by atoms with Crippen LogP contribution in [0.2, 0.25) is 0 Å². The van der Waals surface area contributed by atoms with Gasteiger partial charge in [-0.05, 0) is 48.9 Å². The molecule has 1 atom stereocenters. The largest absolute Gasteiger partial charge is 0.465 e. The molecule has 2 aromatic rings. The van der Waals surface area contributed by atoms with Crippen molar-refractivity contribution in [2.45, 2.75) is 6.92 Å². The quantitative estimate of drug-likeness (QED) is 0.618. The Morgan fingerprint density at radius 1 is 1.00 bits per heavy atom. The monoisotopic (exact) mass is 388 g/mol. The summed E-state index contributed by atoms with van der Waals surface area (Å²) in [7, 11) is 3.00. The molecule has 0 aliphatic rings. The van der Waals surface area contributed by atoms with Crippen LogP contribution in [-0.4, -0.2) is 45.0 Å². The smallest absolute Gasteiger partial charge is 0.337 e. The Labute approximate surface area is 162 Å². The first-order valence-corrected chi connectivity index (χ1v) is 8.64. The van der Waals surface area contributed by atoms with Crippen LogP contribution >= 0.6 is 0 Å². The highest BCUT2D eigenvalue weighted by Crippen LogP contribution is 2.17. The third-order valence-corrected chi connectivity index (χ3v) is 3.99. The lowest BCUT2D eigenvalue weighted by molar-refractivity contribution is -0.862. The van der Waals surface area contributed by atoms with E-state index in [-0.39, 0.29) is 30.7 Å². The van der Waals surface area contributed by atoms with Crippen molar-refractivity contribution in [3.63, 3.8) is 0 Å². The maximum atomic E-state index is 12.9. The van der Waals surface area contributed by atoms with E-state index in [9.17, 15) is 18.8 Å². The zero-order valence-corrected chi connectivity index (χ0v) is 16.0. The van der Waals surface area contributed by atoms with Crippen LogP contribution in [0, 0.1) is 12.7 Å². The first kappa shape index (κ1) is 21.0. The van der Waals surface area contributed by atoms with Crippen LogP contribution in [0.3, 0.4) is 0 Å². The molecule has 0 aromatic heterocycles. The molecular formula is C20H23FN3O4+. The molecule has 0 aliphatic carbocycles. The lowest BCUT2D eigenvalue weighted by Crippen LogP contribution is -3.11. The van der Waals surface area contributed by atoms with Gasteiger partial charge in [0.25, 0.3) is 11.8 Å². The van der Waals surface area contributed by atoms with Crippen molar-refractivity contribution in [3.8, 4) is 0 Å². The maximum Gasteiger partial charge on any atom is 0.337 e. The fourth-order valence-corrected chi connectivity index (χ4v) is 2.54. The first-order chi connectivity index (χ1) is 13.3. The number of hydrogen-bond acceptors (Lipinski definition) is 4. The van der Waals surface area contributed by atoms with E-state index in [1.165, 1.54) is 31.4 Å². The van der Waals surface area contributed by atoms with Gasteiger partial charge in [-0.3, -0.25) is 9.59 Å². The molecule has 0 radical (unpaired) electrons. The number of halogens is 1. The molecule has 148 valence electrons. The summed E-state index contributed by atoms with van der Waals surface area (Å²) in [4.78, 5) is 36.6. The number of benzene rings is 2. The number of aryl methyl sites for hydroxylation is 1. The van der Waals surface area contributed by atoms with Crippen LogP contribution in [-0.2, 0) is 14.3 Å². The molecule has 0 fully saturated rings. The van der Waals surface area contributed by atoms with Crippen molar-refractivity contribution < 1.29 is 28.4 Å². The van der Waals surface area contributed by atoms with E-state index in [0.717, 1.165) is 5.56 Å². The van der Waals surface area contributed by atoms with Crippen molar-refractivity contribution in [3.05, 3.63) is 59.4 Å². The van der Waals surface area contributed by atoms with Crippen molar-refractivity contribution in [1.29, 1.82) is 0 Å². The average molecular weight is 388 g/mol. The van der Waals surface area contributed by atoms with E-state index < -0.39 is 5.97 Å². The van der Waals surface area contributed by atoms with E-state index in [2.05, 4.69) is 15.4 Å². The summed E-state index contributed by atoms with van der Waals surface area (Å²) in [6, 6.07) is 10.3. The highest BCUT2D eigenvalue weighted by atomic mass is 19.1. The second kappa shape index (κ2) is 9.61. The van der Waals surface area contributed by atoms with Crippen molar-refractivity contribution in [2.75, 3.05) is 37.9 Å². The minimum Gasteiger partial charge on any atom is -0.465 e. The summed E-state index contributed by atoms with van der Waals surface area (Å²) in [6.45, 7) is 1.92. The SMILES string of the molecule is COC(=O)c1ccc(C)c(NC(=O)C[NH+](C)CC(=O)Nc2ccc(F)cc2)c1. The van der Waals surface area contributed by atoms with E-state index in [1.807, 2.05) is 6.92 Å². The predicted octanol–water partition coefficient (Wildman–Crippen LogP) is 1.01. The Hall–Kier alpha value is -3.26. The molecule has 0 heterocycles. The van der Waals surface area contributed by atoms with E-state index in [4.69, 9.17) is 0 Å². The molecule has 0 aliphatic heterocycles. The van der Waals surface area contributed by atoms with Crippen LogP contribution < -0.4 is 15.5 Å². The predicted molar refractivity (Wildman–Crippen MR) is 103 cm³/mol. The average Bonchev–Trinajstić information content (AvgIpc) is 2.64. The second-order valence-corrected chi connectivity index (χ2v) is 6.44. The number of likely N-dealkylation sites (N-methyl/N-ethyl adjacent to an activating group) is 1. The van der Waals surface area contributed by atoms with Crippen LogP contribution in [0.1, 0.15) is 15.9 Å². The highest BCUT2D eigenvalue weighted by Gasteiger charge is 2.16. The van der Waals surface area contributed by atoms with Crippen molar-refractivity contribution in [1.82, 2.24) is 0 Å². The molecule has 0 bridgehead atoms. The summed E-state index contributed by atoms with van der Waals surface area (Å²) in [6.07, 6.45) is 0. The molecule has 2 aromatic carbocycles. The van der Waals surface area contributed by atoms with E-state index in [1.54, 1.807) is 25.2 Å². The molecule has 0 saturated carbocycles. The highest BCUT2D eigenvalue weighted by molar-refractivity contribution is 5.96. The number of hydrogen-bond donors (Lipinski definition) is 3. The fourth-order valence-electron chi connectivity index (χ4n) is 2.54. The number of carbonyl (C=O) groups excluding carboxylic acids is 3. The van der Waals surface area contributed by atoms with Crippen LogP contribution in [0.4, 0.5) is 15.8 Å². The standard InChI is InChI=1S/C20H22FN3O4/c1-13-4-5-14(20(27)28-3)10-17(13)23-19(26)12-24(2)11-18(25)22-16-8-6-15(21)7-9-16/h4-10H,11-12H2,1-3H3,(H,22,25)(H,23,26)/p+1. The lowest BCUT2D eigenvalue weighted by Gasteiger charge is -2.15. The molecule has 0 spiro atoms. The molecule has 0 saturated heterocycles. The molecule has 1 unspecified atom stereocenters. The van der Waals surface area contributed by atoms with Crippen molar-refractivity contribution >= 4 is 29.2 Å². The number of rotatable bonds is 7. The lowest BCUT2D eigenvalue weighted by atomic mass is 10.1. The van der Waals surface area contributed by atoms with Gasteiger partial charge < -0.3 is 20.3 Å². The molecule has 3 N–H and O–H groups in total. The zero-order chi connectivity index (χ0) is 20.7. The van der Waals surface area contributed by atoms with Gasteiger partial charge in [-0.2, -0.15) is 0 Å². The van der Waals surface area contributed by atoms with Crippen LogP contribution in [0.25, 0.3) is 0 Å². The Kier molecular flexibility index (Phi) is 7.22. The third-order valence-electron chi connectivity index (χ3n) is 3.99. The van der Waals surface area contributed by atoms with Crippen molar-refractivity contribution in [2.24, 2.45) is 0 Å². The van der Waals surface area contributed by atoms with Gasteiger partial charge in [0.05, 0.1) is 19.7 Å². The topological polar surface area (TPSA) is 88.9 Å². The summed E-state index contributed by atoms with van der Waals surface area (Å²) in [5, 5.41) is 5.40. The Bertz CT molecular complexity index is 868. The van der Waals surface area contributed by atoms with Gasteiger partial charge in [-0.1, -0.05) is 6.07 Å². The Balaban J connectivity index is 1.89. The van der Waals surface area contributed by atoms with Gasteiger partial charge in [0.15, 0.2) is 13.1 Å². The van der Waals surface area contributed by atoms with Crippen LogP contribution in [0.15, 0.2) is 42.5 Å². The number of methoxy groups -OCH3 is 1. The number of nitrogens with one attached hydrogen (secondary N) is 3. The molecule has 28 heavy (non-hydrogen) atoms. The Morgan fingerprint density at radius 3 is 2.21 bits per heavy atom. The first-order valence-electron chi connectivity index (χ1n) is 8.64. The fraction of sp³-hybridized carbons (Fsp3) is 0.250. The number of amides is 2. The molecule has 2 rings (SSSR count). The Morgan fingerprint density at radius 2 is 1.61 bits per heavy atom. The van der Waals surface area contributed by atoms with Crippen LogP contribution in [0.5, 0.6) is 0 Å². The van der Waals surface area contributed by atoms with Gasteiger partial charge in [0.2, 0.25) is 0 Å². The minimum atomic E-state index is -0.490. The number of ether oxygens (including phenoxy) is 1. The zero-order valence-electron chi connectivity index (χ0n) is 16.0. The minimum absolute atomic E-state index is 0.0543. The van der Waals surface area contributed by atoms with Gasteiger partial charge >= 0.3 is 5.97 Å². The number of esters is 1. The number of quaternary nitrogens is 1. The maximum absolute atomic E-state index is 12.9. The number of anilines is 2. The summed E-state index contributed by atoms with van der Waals surface area (Å²) < 4.78 is 17.6. The van der Waals surface area contributed by atoms with Gasteiger partial charge in [0, 0.05) is 11.4 Å². The summed E-state index contributed by atoms with van der Waals surface area (Å²) >= 11 is 0. The normalized spacial score (nSPS) is 11.4. The summed E-state index contributed by atoms with van der Waals surface area (Å²) in [5.74, 6) is -1.46. The molecule has 2 amide bonds. The second-order valence-electron chi connectivity index (χ2n) is 6.44. The number of carbonyl (C=O) groups is 3. The molecule has 7 nitrogen and oxygen atoms in total.